The molecule has 1 amide bonds. The maximum atomic E-state index is 12.3. The van der Waals surface area contributed by atoms with E-state index in [0.29, 0.717) is 24.4 Å². The molecule has 3 aromatic rings. The van der Waals surface area contributed by atoms with Crippen LogP contribution in [-0.2, 0) is 11.2 Å². The van der Waals surface area contributed by atoms with Crippen LogP contribution in [0, 0.1) is 20.8 Å². The van der Waals surface area contributed by atoms with Gasteiger partial charge in [0, 0.05) is 23.9 Å². The molecule has 0 unspecified atom stereocenters. The summed E-state index contributed by atoms with van der Waals surface area (Å²) in [7, 11) is 0. The van der Waals surface area contributed by atoms with Gasteiger partial charge in [-0.25, -0.2) is 15.0 Å². The molecule has 2 heterocycles. The summed E-state index contributed by atoms with van der Waals surface area (Å²) in [6, 6.07) is 11.3. The van der Waals surface area contributed by atoms with Crippen LogP contribution in [-0.4, -0.2) is 27.1 Å². The van der Waals surface area contributed by atoms with Gasteiger partial charge in [-0.15, -0.1) is 0 Å². The molecular formula is C22H24N4O2S. The minimum absolute atomic E-state index is 0.0771. The van der Waals surface area contributed by atoms with E-state index in [1.807, 2.05) is 51.3 Å². The first-order valence-corrected chi connectivity index (χ1v) is 10.6. The molecule has 0 spiro atoms. The molecule has 2 aromatic heterocycles. The van der Waals surface area contributed by atoms with Gasteiger partial charge in [0.25, 0.3) is 0 Å². The Bertz CT molecular complexity index is 966. The molecule has 7 heteroatoms. The molecule has 0 aliphatic carbocycles. The molecule has 0 saturated heterocycles. The lowest BCUT2D eigenvalue weighted by Gasteiger charge is -2.10. The van der Waals surface area contributed by atoms with E-state index in [2.05, 4.69) is 20.3 Å². The van der Waals surface area contributed by atoms with Crippen molar-refractivity contribution in [1.82, 2.24) is 15.0 Å². The van der Waals surface area contributed by atoms with Gasteiger partial charge < -0.3 is 10.1 Å². The summed E-state index contributed by atoms with van der Waals surface area (Å²) in [6.45, 7) is 5.94. The summed E-state index contributed by atoms with van der Waals surface area (Å²) in [4.78, 5) is 25.5. The second-order valence-electron chi connectivity index (χ2n) is 6.71. The van der Waals surface area contributed by atoms with Gasteiger partial charge in [0.1, 0.15) is 5.75 Å². The number of thioether (sulfide) groups is 1. The number of hydrogen-bond donors (Lipinski definition) is 1. The van der Waals surface area contributed by atoms with Crippen molar-refractivity contribution in [3.63, 3.8) is 0 Å². The van der Waals surface area contributed by atoms with Crippen molar-refractivity contribution in [1.29, 1.82) is 0 Å². The number of nitrogens with zero attached hydrogens (tertiary/aromatic N) is 3. The molecule has 0 aliphatic heterocycles. The van der Waals surface area contributed by atoms with E-state index < -0.39 is 0 Å². The highest BCUT2D eigenvalue weighted by molar-refractivity contribution is 7.98. The fourth-order valence-corrected chi connectivity index (χ4v) is 3.32. The zero-order chi connectivity index (χ0) is 20.8. The number of hydrogen-bond acceptors (Lipinski definition) is 6. The monoisotopic (exact) mass is 408 g/mol. The lowest BCUT2D eigenvalue weighted by molar-refractivity contribution is -0.116. The van der Waals surface area contributed by atoms with Crippen LogP contribution < -0.4 is 10.1 Å². The average molecular weight is 409 g/mol. The van der Waals surface area contributed by atoms with E-state index in [1.54, 1.807) is 18.3 Å². The first kappa shape index (κ1) is 20.8. The van der Waals surface area contributed by atoms with Gasteiger partial charge in [-0.1, -0.05) is 29.5 Å². The maximum absolute atomic E-state index is 12.3. The third kappa shape index (κ3) is 5.77. The molecule has 1 aromatic carbocycles. The van der Waals surface area contributed by atoms with E-state index in [4.69, 9.17) is 4.74 Å². The SMILES string of the molecule is CSc1nc(C)c(CCC(=O)Nc2ccc(Oc3ccc(C)cc3)nc2)c(C)n1. The number of pyridine rings is 1. The summed E-state index contributed by atoms with van der Waals surface area (Å²) >= 11 is 1.52. The van der Waals surface area contributed by atoms with Gasteiger partial charge in [-0.3, -0.25) is 4.79 Å². The van der Waals surface area contributed by atoms with Gasteiger partial charge in [0.05, 0.1) is 11.9 Å². The number of nitrogens with one attached hydrogen (secondary N) is 1. The maximum Gasteiger partial charge on any atom is 0.224 e. The molecule has 29 heavy (non-hydrogen) atoms. The topological polar surface area (TPSA) is 77.0 Å². The van der Waals surface area contributed by atoms with E-state index in [0.717, 1.165) is 27.9 Å². The fourth-order valence-electron chi connectivity index (χ4n) is 2.87. The third-order valence-electron chi connectivity index (χ3n) is 4.45. The van der Waals surface area contributed by atoms with Crippen LogP contribution in [0.15, 0.2) is 47.8 Å². The van der Waals surface area contributed by atoms with Crippen molar-refractivity contribution in [2.24, 2.45) is 0 Å². The average Bonchev–Trinajstić information content (AvgIpc) is 2.70. The van der Waals surface area contributed by atoms with E-state index in [9.17, 15) is 4.79 Å². The number of aromatic nitrogens is 3. The van der Waals surface area contributed by atoms with E-state index in [1.165, 1.54) is 17.3 Å². The van der Waals surface area contributed by atoms with Crippen molar-refractivity contribution in [3.8, 4) is 11.6 Å². The number of carbonyl (C=O) groups is 1. The summed E-state index contributed by atoms with van der Waals surface area (Å²) in [5, 5.41) is 3.63. The largest absolute Gasteiger partial charge is 0.439 e. The van der Waals surface area contributed by atoms with Gasteiger partial charge in [-0.2, -0.15) is 0 Å². The summed E-state index contributed by atoms with van der Waals surface area (Å²) in [5.74, 6) is 1.12. The minimum atomic E-state index is -0.0771. The van der Waals surface area contributed by atoms with Gasteiger partial charge >= 0.3 is 0 Å². The second-order valence-corrected chi connectivity index (χ2v) is 7.48. The van der Waals surface area contributed by atoms with E-state index in [-0.39, 0.29) is 5.91 Å². The standard InChI is InChI=1S/C22H24N4O2S/c1-14-5-8-18(9-6-14)28-21-12-7-17(13-23-21)26-20(27)11-10-19-15(2)24-22(29-4)25-16(19)3/h5-9,12-13H,10-11H2,1-4H3,(H,26,27). The predicted octanol–water partition coefficient (Wildman–Crippen LogP) is 4.88. The number of anilines is 1. The van der Waals surface area contributed by atoms with Gasteiger partial charge in [0.2, 0.25) is 11.8 Å². The van der Waals surface area contributed by atoms with Crippen LogP contribution in [0.2, 0.25) is 0 Å². The highest BCUT2D eigenvalue weighted by Crippen LogP contribution is 2.21. The highest BCUT2D eigenvalue weighted by Gasteiger charge is 2.11. The second kappa shape index (κ2) is 9.52. The Morgan fingerprint density at radius 2 is 1.72 bits per heavy atom. The molecular weight excluding hydrogens is 384 g/mol. The molecule has 0 radical (unpaired) electrons. The molecule has 0 fully saturated rings. The number of benzene rings is 1. The Hall–Kier alpha value is -2.93. The molecule has 0 atom stereocenters. The zero-order valence-corrected chi connectivity index (χ0v) is 17.8. The fraction of sp³-hybridized carbons (Fsp3) is 0.273. The number of ether oxygens (including phenoxy) is 1. The molecule has 6 nitrogen and oxygen atoms in total. The van der Waals surface area contributed by atoms with Crippen LogP contribution in [0.25, 0.3) is 0 Å². The van der Waals surface area contributed by atoms with E-state index >= 15 is 0 Å². The molecule has 0 aliphatic rings. The van der Waals surface area contributed by atoms with Crippen molar-refractivity contribution in [2.75, 3.05) is 11.6 Å². The van der Waals surface area contributed by atoms with Crippen molar-refractivity contribution < 1.29 is 9.53 Å². The van der Waals surface area contributed by atoms with Crippen LogP contribution in [0.1, 0.15) is 28.9 Å². The van der Waals surface area contributed by atoms with Crippen LogP contribution in [0.5, 0.6) is 11.6 Å². The van der Waals surface area contributed by atoms with Gasteiger partial charge in [-0.05, 0) is 57.2 Å². The Balaban J connectivity index is 1.55. The molecule has 0 bridgehead atoms. The lowest BCUT2D eigenvalue weighted by Crippen LogP contribution is -2.14. The Morgan fingerprint density at radius 3 is 2.31 bits per heavy atom. The summed E-state index contributed by atoms with van der Waals surface area (Å²) in [5.41, 5.74) is 4.68. The molecule has 0 saturated carbocycles. The molecule has 3 rings (SSSR count). The summed E-state index contributed by atoms with van der Waals surface area (Å²) < 4.78 is 5.70. The number of amides is 1. The van der Waals surface area contributed by atoms with Crippen molar-refractivity contribution in [3.05, 3.63) is 65.1 Å². The smallest absolute Gasteiger partial charge is 0.224 e. The summed E-state index contributed by atoms with van der Waals surface area (Å²) in [6.07, 6.45) is 4.49. The molecule has 150 valence electrons. The predicted molar refractivity (Wildman–Crippen MR) is 116 cm³/mol. The minimum Gasteiger partial charge on any atom is -0.439 e. The van der Waals surface area contributed by atoms with Gasteiger partial charge in [0.15, 0.2) is 5.16 Å². The first-order valence-electron chi connectivity index (χ1n) is 9.33. The molecule has 1 N–H and O–H groups in total. The number of aryl methyl sites for hydroxylation is 3. The normalized spacial score (nSPS) is 10.6. The number of rotatable bonds is 7. The Labute approximate surface area is 175 Å². The third-order valence-corrected chi connectivity index (χ3v) is 5.00. The van der Waals surface area contributed by atoms with Crippen LogP contribution in [0.3, 0.4) is 0 Å². The zero-order valence-electron chi connectivity index (χ0n) is 17.0. The number of carbonyl (C=O) groups excluding carboxylic acids is 1. The highest BCUT2D eigenvalue weighted by atomic mass is 32.2. The van der Waals surface area contributed by atoms with Crippen LogP contribution in [0.4, 0.5) is 5.69 Å². The van der Waals surface area contributed by atoms with Crippen molar-refractivity contribution in [2.45, 2.75) is 38.8 Å². The Morgan fingerprint density at radius 1 is 1.03 bits per heavy atom. The first-order chi connectivity index (χ1) is 13.9. The Kier molecular flexibility index (Phi) is 6.82. The van der Waals surface area contributed by atoms with Crippen molar-refractivity contribution >= 4 is 23.4 Å². The lowest BCUT2D eigenvalue weighted by atomic mass is 10.1. The quantitative estimate of drug-likeness (QED) is 0.443. The van der Waals surface area contributed by atoms with Crippen LogP contribution >= 0.6 is 11.8 Å².